The molecule has 0 aliphatic carbocycles. The number of hydrogen-bond acceptors (Lipinski definition) is 0. The van der Waals surface area contributed by atoms with Crippen molar-refractivity contribution in [2.45, 2.75) is 136 Å². The molecule has 0 saturated heterocycles. The first-order chi connectivity index (χ1) is 12.0. The molecule has 0 spiro atoms. The molecule has 0 heterocycles. The number of nitrogens with zero attached hydrogens (tertiary/aromatic N) is 1. The normalized spacial score (nSPS) is 13.3. The molecule has 1 unspecified atom stereocenters. The van der Waals surface area contributed by atoms with Crippen molar-refractivity contribution in [3.05, 3.63) is 0 Å². The van der Waals surface area contributed by atoms with Crippen molar-refractivity contribution in [1.29, 1.82) is 0 Å². The SMILES string of the molecule is CCCCCCCCCCCCCCCCCC(C)[N+](C)(C)CCC. The zero-order valence-corrected chi connectivity index (χ0v) is 18.8. The summed E-state index contributed by atoms with van der Waals surface area (Å²) in [5, 5.41) is 0. The van der Waals surface area contributed by atoms with Crippen LogP contribution in [-0.4, -0.2) is 31.2 Å². The zero-order valence-electron chi connectivity index (χ0n) is 18.8. The lowest BCUT2D eigenvalue weighted by atomic mass is 10.0. The predicted molar refractivity (Wildman–Crippen MR) is 116 cm³/mol. The predicted octanol–water partition coefficient (Wildman–Crippen LogP) is 8.12. The van der Waals surface area contributed by atoms with Gasteiger partial charge >= 0.3 is 0 Å². The van der Waals surface area contributed by atoms with Crippen LogP contribution in [0.3, 0.4) is 0 Å². The Bertz CT molecular complexity index is 259. The fraction of sp³-hybridized carbons (Fsp3) is 1.00. The van der Waals surface area contributed by atoms with Crippen molar-refractivity contribution in [2.24, 2.45) is 0 Å². The van der Waals surface area contributed by atoms with Crippen molar-refractivity contribution in [2.75, 3.05) is 20.6 Å². The van der Waals surface area contributed by atoms with Gasteiger partial charge in [-0.15, -0.1) is 0 Å². The molecule has 0 bridgehead atoms. The van der Waals surface area contributed by atoms with Gasteiger partial charge < -0.3 is 4.48 Å². The van der Waals surface area contributed by atoms with Crippen LogP contribution >= 0.6 is 0 Å². The second-order valence-corrected chi connectivity index (χ2v) is 9.09. The molecule has 25 heavy (non-hydrogen) atoms. The summed E-state index contributed by atoms with van der Waals surface area (Å²) in [6, 6.07) is 0.821. The molecule has 0 aromatic rings. The van der Waals surface area contributed by atoms with Gasteiger partial charge in [-0.25, -0.2) is 0 Å². The molecule has 0 fully saturated rings. The molecule has 0 saturated carbocycles. The minimum atomic E-state index is 0.821. The highest BCUT2D eigenvalue weighted by Crippen LogP contribution is 2.17. The Morgan fingerprint density at radius 3 is 1.24 bits per heavy atom. The Kier molecular flexibility index (Phi) is 17.3. The molecule has 1 heteroatoms. The highest BCUT2D eigenvalue weighted by molar-refractivity contribution is 4.54. The molecule has 0 N–H and O–H groups in total. The summed E-state index contributed by atoms with van der Waals surface area (Å²) < 4.78 is 1.20. The van der Waals surface area contributed by atoms with Crippen LogP contribution in [0.25, 0.3) is 0 Å². The first-order valence-corrected chi connectivity index (χ1v) is 11.9. The van der Waals surface area contributed by atoms with Gasteiger partial charge in [-0.1, -0.05) is 104 Å². The van der Waals surface area contributed by atoms with Gasteiger partial charge in [0.1, 0.15) is 0 Å². The third-order valence-electron chi connectivity index (χ3n) is 6.22. The quantitative estimate of drug-likeness (QED) is 0.162. The van der Waals surface area contributed by atoms with Gasteiger partial charge in [-0.3, -0.25) is 0 Å². The van der Waals surface area contributed by atoms with Gasteiger partial charge in [0.05, 0.1) is 26.7 Å². The topological polar surface area (TPSA) is 0 Å². The highest BCUT2D eigenvalue weighted by Gasteiger charge is 2.21. The van der Waals surface area contributed by atoms with Crippen molar-refractivity contribution < 1.29 is 4.48 Å². The molecule has 0 rings (SSSR count). The van der Waals surface area contributed by atoms with Crippen LogP contribution in [0.5, 0.6) is 0 Å². The first kappa shape index (κ1) is 25.0. The fourth-order valence-electron chi connectivity index (χ4n) is 3.96. The Morgan fingerprint density at radius 1 is 0.520 bits per heavy atom. The van der Waals surface area contributed by atoms with E-state index in [9.17, 15) is 0 Å². The summed E-state index contributed by atoms with van der Waals surface area (Å²) in [5.41, 5.74) is 0. The van der Waals surface area contributed by atoms with E-state index >= 15 is 0 Å². The van der Waals surface area contributed by atoms with Crippen LogP contribution in [0, 0.1) is 0 Å². The van der Waals surface area contributed by atoms with Crippen molar-refractivity contribution in [3.8, 4) is 0 Å². The van der Waals surface area contributed by atoms with Crippen molar-refractivity contribution >= 4 is 0 Å². The van der Waals surface area contributed by atoms with E-state index in [0.717, 1.165) is 6.04 Å². The smallest absolute Gasteiger partial charge is 0.0857 e. The van der Waals surface area contributed by atoms with E-state index in [-0.39, 0.29) is 0 Å². The van der Waals surface area contributed by atoms with E-state index in [1.165, 1.54) is 120 Å². The van der Waals surface area contributed by atoms with Crippen LogP contribution in [-0.2, 0) is 0 Å². The maximum absolute atomic E-state index is 2.44. The monoisotopic (exact) mass is 354 g/mol. The second-order valence-electron chi connectivity index (χ2n) is 9.09. The average Bonchev–Trinajstić information content (AvgIpc) is 2.58. The summed E-state index contributed by atoms with van der Waals surface area (Å²) in [5.74, 6) is 0. The first-order valence-electron chi connectivity index (χ1n) is 11.9. The maximum Gasteiger partial charge on any atom is 0.0857 e. The number of hydrogen-bond donors (Lipinski definition) is 0. The van der Waals surface area contributed by atoms with Gasteiger partial charge in [-0.2, -0.15) is 0 Å². The molecule has 0 aromatic heterocycles. The van der Waals surface area contributed by atoms with Gasteiger partial charge in [0.25, 0.3) is 0 Å². The Labute approximate surface area is 161 Å². The Hall–Kier alpha value is -0.0400. The van der Waals surface area contributed by atoms with Crippen LogP contribution in [0.4, 0.5) is 0 Å². The molecular formula is C24H52N+. The second kappa shape index (κ2) is 17.4. The Balaban J connectivity index is 3.24. The summed E-state index contributed by atoms with van der Waals surface area (Å²) in [7, 11) is 4.80. The number of quaternary nitrogens is 1. The lowest BCUT2D eigenvalue weighted by Gasteiger charge is -2.36. The molecule has 1 atom stereocenters. The summed E-state index contributed by atoms with van der Waals surface area (Å²) in [4.78, 5) is 0. The van der Waals surface area contributed by atoms with Crippen LogP contribution in [0.15, 0.2) is 0 Å². The average molecular weight is 355 g/mol. The molecule has 0 aliphatic rings. The van der Waals surface area contributed by atoms with Gasteiger partial charge in [0.15, 0.2) is 0 Å². The van der Waals surface area contributed by atoms with Gasteiger partial charge in [-0.05, 0) is 26.2 Å². The molecule has 0 aliphatic heterocycles. The maximum atomic E-state index is 2.44. The van der Waals surface area contributed by atoms with Crippen LogP contribution in [0.1, 0.15) is 130 Å². The molecule has 0 aromatic carbocycles. The lowest BCUT2D eigenvalue weighted by molar-refractivity contribution is -0.913. The molecule has 0 radical (unpaired) electrons. The standard InChI is InChI=1S/C24H52N/c1-6-8-9-10-11-12-13-14-15-16-17-18-19-20-21-22-24(3)25(4,5)23-7-2/h24H,6-23H2,1-5H3/q+1. The third kappa shape index (κ3) is 15.9. The van der Waals surface area contributed by atoms with Gasteiger partial charge in [0.2, 0.25) is 0 Å². The van der Waals surface area contributed by atoms with Crippen LogP contribution in [0.2, 0.25) is 0 Å². The molecular weight excluding hydrogens is 302 g/mol. The largest absolute Gasteiger partial charge is 0.326 e. The lowest BCUT2D eigenvalue weighted by Crippen LogP contribution is -2.47. The van der Waals surface area contributed by atoms with E-state index in [2.05, 4.69) is 34.9 Å². The Morgan fingerprint density at radius 2 is 0.880 bits per heavy atom. The van der Waals surface area contributed by atoms with E-state index in [0.29, 0.717) is 0 Å². The summed E-state index contributed by atoms with van der Waals surface area (Å²) >= 11 is 0. The van der Waals surface area contributed by atoms with Crippen LogP contribution < -0.4 is 0 Å². The van der Waals surface area contributed by atoms with E-state index in [4.69, 9.17) is 0 Å². The molecule has 0 amide bonds. The third-order valence-corrected chi connectivity index (χ3v) is 6.22. The van der Waals surface area contributed by atoms with E-state index in [1.54, 1.807) is 0 Å². The zero-order chi connectivity index (χ0) is 18.8. The minimum absolute atomic E-state index is 0.821. The molecule has 152 valence electrons. The highest BCUT2D eigenvalue weighted by atomic mass is 15.3. The summed E-state index contributed by atoms with van der Waals surface area (Å²) in [6.07, 6.45) is 24.6. The number of rotatable bonds is 19. The fourth-order valence-corrected chi connectivity index (χ4v) is 3.96. The van der Waals surface area contributed by atoms with E-state index in [1.807, 2.05) is 0 Å². The van der Waals surface area contributed by atoms with Crippen molar-refractivity contribution in [1.82, 2.24) is 0 Å². The van der Waals surface area contributed by atoms with Gasteiger partial charge in [0, 0.05) is 0 Å². The minimum Gasteiger partial charge on any atom is -0.326 e. The molecule has 1 nitrogen and oxygen atoms in total. The van der Waals surface area contributed by atoms with E-state index < -0.39 is 0 Å². The summed E-state index contributed by atoms with van der Waals surface area (Å²) in [6.45, 7) is 8.37. The number of unbranched alkanes of at least 4 members (excludes halogenated alkanes) is 14. The van der Waals surface area contributed by atoms with Crippen molar-refractivity contribution in [3.63, 3.8) is 0 Å².